The zero-order valence-electron chi connectivity index (χ0n) is 10.6. The van der Waals surface area contributed by atoms with Crippen molar-refractivity contribution in [3.63, 3.8) is 0 Å². The van der Waals surface area contributed by atoms with E-state index in [-0.39, 0.29) is 5.56 Å². The summed E-state index contributed by atoms with van der Waals surface area (Å²) in [5.74, 6) is 0.549. The second kappa shape index (κ2) is 5.10. The summed E-state index contributed by atoms with van der Waals surface area (Å²) < 4.78 is 1.61. The molecule has 0 aromatic carbocycles. The molecule has 3 heterocycles. The Morgan fingerprint density at radius 3 is 2.89 bits per heavy atom. The number of hydrogen-bond donors (Lipinski definition) is 1. The Hall–Kier alpha value is -1.36. The van der Waals surface area contributed by atoms with Crippen LogP contribution in [0.2, 0.25) is 0 Å². The molecule has 0 unspecified atom stereocenters. The Labute approximate surface area is 107 Å². The van der Waals surface area contributed by atoms with Gasteiger partial charge in [-0.1, -0.05) is 0 Å². The van der Waals surface area contributed by atoms with Gasteiger partial charge in [0.15, 0.2) is 0 Å². The highest BCUT2D eigenvalue weighted by atomic mass is 16.1. The van der Waals surface area contributed by atoms with Crippen molar-refractivity contribution in [2.24, 2.45) is 5.92 Å². The molecule has 1 aromatic rings. The Balaban J connectivity index is 1.73. The van der Waals surface area contributed by atoms with Crippen LogP contribution in [0.4, 0.5) is 5.69 Å². The molecule has 0 aliphatic carbocycles. The largest absolute Gasteiger partial charge is 0.370 e. The molecule has 1 atom stereocenters. The first-order valence-corrected chi connectivity index (χ1v) is 6.86. The summed E-state index contributed by atoms with van der Waals surface area (Å²) in [5, 5.41) is 7.64. The molecule has 0 radical (unpaired) electrons. The Kier molecular flexibility index (Phi) is 3.32. The van der Waals surface area contributed by atoms with Crippen LogP contribution in [0.25, 0.3) is 0 Å². The minimum absolute atomic E-state index is 0.0336. The van der Waals surface area contributed by atoms with Crippen molar-refractivity contribution in [3.8, 4) is 0 Å². The van der Waals surface area contributed by atoms with Crippen molar-refractivity contribution in [2.45, 2.75) is 25.8 Å². The molecule has 0 spiro atoms. The highest BCUT2D eigenvalue weighted by Gasteiger charge is 2.17. The summed E-state index contributed by atoms with van der Waals surface area (Å²) in [6.45, 7) is 4.91. The van der Waals surface area contributed by atoms with Crippen LogP contribution >= 0.6 is 0 Å². The average Bonchev–Trinajstić information content (AvgIpc) is 3.04. The average molecular weight is 248 g/mol. The number of anilines is 1. The molecule has 5 nitrogen and oxygen atoms in total. The molecular weight excluding hydrogens is 228 g/mol. The number of aromatic nitrogens is 2. The van der Waals surface area contributed by atoms with Gasteiger partial charge >= 0.3 is 0 Å². The van der Waals surface area contributed by atoms with Gasteiger partial charge in [0.1, 0.15) is 0 Å². The molecule has 2 aliphatic rings. The van der Waals surface area contributed by atoms with E-state index < -0.39 is 0 Å². The second-order valence-corrected chi connectivity index (χ2v) is 5.29. The first kappa shape index (κ1) is 11.7. The van der Waals surface area contributed by atoms with Crippen LogP contribution < -0.4 is 15.8 Å². The third-order valence-corrected chi connectivity index (χ3v) is 3.92. The van der Waals surface area contributed by atoms with Crippen molar-refractivity contribution in [3.05, 3.63) is 22.6 Å². The fourth-order valence-electron chi connectivity index (χ4n) is 2.82. The number of rotatable bonds is 3. The molecule has 0 amide bonds. The van der Waals surface area contributed by atoms with Gasteiger partial charge in [-0.2, -0.15) is 5.10 Å². The lowest BCUT2D eigenvalue weighted by molar-refractivity contribution is 0.433. The molecule has 3 rings (SSSR count). The van der Waals surface area contributed by atoms with E-state index in [4.69, 9.17) is 0 Å². The van der Waals surface area contributed by atoms with Crippen LogP contribution in [0.5, 0.6) is 0 Å². The van der Waals surface area contributed by atoms with Gasteiger partial charge in [-0.05, 0) is 38.3 Å². The highest BCUT2D eigenvalue weighted by molar-refractivity contribution is 5.43. The van der Waals surface area contributed by atoms with Gasteiger partial charge in [-0.3, -0.25) is 4.79 Å². The summed E-state index contributed by atoms with van der Waals surface area (Å²) in [6.07, 6.45) is 5.42. The van der Waals surface area contributed by atoms with E-state index >= 15 is 0 Å². The lowest BCUT2D eigenvalue weighted by Crippen LogP contribution is -2.29. The Morgan fingerprint density at radius 2 is 2.22 bits per heavy atom. The van der Waals surface area contributed by atoms with Gasteiger partial charge in [0.05, 0.1) is 11.9 Å². The van der Waals surface area contributed by atoms with Gasteiger partial charge in [-0.15, -0.1) is 0 Å². The third-order valence-electron chi connectivity index (χ3n) is 3.92. The molecular formula is C13H20N4O. The van der Waals surface area contributed by atoms with Crippen LogP contribution in [0, 0.1) is 5.92 Å². The molecule has 18 heavy (non-hydrogen) atoms. The quantitative estimate of drug-likeness (QED) is 0.844. The number of nitrogens with zero attached hydrogens (tertiary/aromatic N) is 3. The highest BCUT2D eigenvalue weighted by Crippen LogP contribution is 2.17. The van der Waals surface area contributed by atoms with Crippen molar-refractivity contribution >= 4 is 5.69 Å². The molecule has 0 saturated carbocycles. The summed E-state index contributed by atoms with van der Waals surface area (Å²) >= 11 is 0. The molecule has 1 N–H and O–H groups in total. The first-order chi connectivity index (χ1) is 8.83. The fraction of sp³-hybridized carbons (Fsp3) is 0.692. The monoisotopic (exact) mass is 248 g/mol. The Bertz CT molecular complexity index is 458. The lowest BCUT2D eigenvalue weighted by atomic mass is 10.1. The zero-order chi connectivity index (χ0) is 12.4. The fourth-order valence-corrected chi connectivity index (χ4v) is 2.82. The van der Waals surface area contributed by atoms with Gasteiger partial charge in [-0.25, -0.2) is 4.68 Å². The van der Waals surface area contributed by atoms with E-state index in [1.165, 1.54) is 12.8 Å². The SMILES string of the molecule is O=c1cc(N2CCCC2)cnn1C[C@@H]1CCNC1. The topological polar surface area (TPSA) is 50.2 Å². The molecule has 2 saturated heterocycles. The molecule has 0 bridgehead atoms. The predicted molar refractivity (Wildman–Crippen MR) is 70.9 cm³/mol. The standard InChI is InChI=1S/C13H20N4O/c18-13-7-12(16-5-1-2-6-16)9-15-17(13)10-11-3-4-14-8-11/h7,9,11,14H,1-6,8,10H2/t11-/m1/s1. The van der Waals surface area contributed by atoms with Crippen molar-refractivity contribution in [2.75, 3.05) is 31.1 Å². The summed E-state index contributed by atoms with van der Waals surface area (Å²) in [5.41, 5.74) is 1.02. The van der Waals surface area contributed by atoms with Gasteiger partial charge in [0.25, 0.3) is 5.56 Å². The Morgan fingerprint density at radius 1 is 1.39 bits per heavy atom. The van der Waals surface area contributed by atoms with E-state index in [1.54, 1.807) is 10.7 Å². The van der Waals surface area contributed by atoms with E-state index in [9.17, 15) is 4.79 Å². The van der Waals surface area contributed by atoms with E-state index in [0.29, 0.717) is 5.92 Å². The van der Waals surface area contributed by atoms with Crippen LogP contribution in [0.3, 0.4) is 0 Å². The molecule has 2 fully saturated rings. The maximum atomic E-state index is 12.0. The molecule has 2 aliphatic heterocycles. The number of hydrogen-bond acceptors (Lipinski definition) is 4. The number of nitrogens with one attached hydrogen (secondary N) is 1. The van der Waals surface area contributed by atoms with Crippen LogP contribution in [0.15, 0.2) is 17.1 Å². The first-order valence-electron chi connectivity index (χ1n) is 6.86. The van der Waals surface area contributed by atoms with E-state index in [2.05, 4.69) is 15.3 Å². The zero-order valence-corrected chi connectivity index (χ0v) is 10.6. The van der Waals surface area contributed by atoms with Gasteiger partial charge in [0.2, 0.25) is 0 Å². The van der Waals surface area contributed by atoms with E-state index in [1.807, 2.05) is 6.20 Å². The van der Waals surface area contributed by atoms with Crippen LogP contribution in [-0.4, -0.2) is 36.0 Å². The van der Waals surface area contributed by atoms with Crippen LogP contribution in [-0.2, 0) is 6.54 Å². The van der Waals surface area contributed by atoms with Crippen molar-refractivity contribution in [1.29, 1.82) is 0 Å². The maximum Gasteiger partial charge on any atom is 0.268 e. The lowest BCUT2D eigenvalue weighted by Gasteiger charge is -2.17. The molecule has 1 aromatic heterocycles. The van der Waals surface area contributed by atoms with E-state index in [0.717, 1.165) is 44.8 Å². The van der Waals surface area contributed by atoms with Crippen molar-refractivity contribution < 1.29 is 0 Å². The molecule has 5 heteroatoms. The van der Waals surface area contributed by atoms with Crippen LogP contribution in [0.1, 0.15) is 19.3 Å². The van der Waals surface area contributed by atoms with Crippen molar-refractivity contribution in [1.82, 2.24) is 15.1 Å². The molecule has 98 valence electrons. The third kappa shape index (κ3) is 2.41. The van der Waals surface area contributed by atoms with Gasteiger partial charge < -0.3 is 10.2 Å². The summed E-state index contributed by atoms with van der Waals surface area (Å²) in [6, 6.07) is 1.74. The minimum atomic E-state index is 0.0336. The summed E-state index contributed by atoms with van der Waals surface area (Å²) in [7, 11) is 0. The smallest absolute Gasteiger partial charge is 0.268 e. The summed E-state index contributed by atoms with van der Waals surface area (Å²) in [4.78, 5) is 14.3. The predicted octanol–water partition coefficient (Wildman–Crippen LogP) is 0.453. The van der Waals surface area contributed by atoms with Gasteiger partial charge in [0, 0.05) is 25.7 Å². The second-order valence-electron chi connectivity index (χ2n) is 5.29. The minimum Gasteiger partial charge on any atom is -0.370 e. The maximum absolute atomic E-state index is 12.0. The normalized spacial score (nSPS) is 23.8.